The van der Waals surface area contributed by atoms with E-state index < -0.39 is 11.7 Å². The Morgan fingerprint density at radius 2 is 2.19 bits per heavy atom. The minimum absolute atomic E-state index is 0.300. The Bertz CT molecular complexity index is 226. The van der Waals surface area contributed by atoms with Gasteiger partial charge in [0, 0.05) is 12.5 Å². The Balaban J connectivity index is 2.23. The van der Waals surface area contributed by atoms with Gasteiger partial charge < -0.3 is 14.2 Å². The van der Waals surface area contributed by atoms with Crippen LogP contribution in [0.2, 0.25) is 0 Å². The molecule has 0 aromatic heterocycles. The molecule has 0 saturated carbocycles. The maximum Gasteiger partial charge on any atom is 0.335 e. The monoisotopic (exact) mass is 230 g/mol. The van der Waals surface area contributed by atoms with Crippen molar-refractivity contribution in [2.24, 2.45) is 5.92 Å². The number of rotatable bonds is 4. The summed E-state index contributed by atoms with van der Waals surface area (Å²) in [5.74, 6) is 0.122. The zero-order valence-electron chi connectivity index (χ0n) is 10.6. The molecule has 0 amide bonds. The SMILES string of the molecule is CC(OCC1CCOC1)C(=O)OC(C)(C)C. The third-order valence-corrected chi connectivity index (χ3v) is 2.34. The standard InChI is InChI=1S/C12H22O4/c1-9(11(13)16-12(2,3)4)15-8-10-5-6-14-7-10/h9-10H,5-8H2,1-4H3. The molecule has 4 nitrogen and oxygen atoms in total. The predicted octanol–water partition coefficient (Wildman–Crippen LogP) is 1.77. The van der Waals surface area contributed by atoms with Gasteiger partial charge in [-0.25, -0.2) is 4.79 Å². The lowest BCUT2D eigenvalue weighted by Gasteiger charge is -2.22. The Hall–Kier alpha value is -0.610. The van der Waals surface area contributed by atoms with Gasteiger partial charge in [0.2, 0.25) is 0 Å². The minimum Gasteiger partial charge on any atom is -0.458 e. The molecule has 0 N–H and O–H groups in total. The molecule has 1 aliphatic rings. The van der Waals surface area contributed by atoms with Crippen LogP contribution in [0.1, 0.15) is 34.1 Å². The maximum absolute atomic E-state index is 11.6. The summed E-state index contributed by atoms with van der Waals surface area (Å²) in [5, 5.41) is 0. The van der Waals surface area contributed by atoms with Crippen LogP contribution in [0.5, 0.6) is 0 Å². The topological polar surface area (TPSA) is 44.8 Å². The first-order valence-electron chi connectivity index (χ1n) is 5.80. The molecule has 0 aromatic rings. The van der Waals surface area contributed by atoms with Crippen LogP contribution in [0.15, 0.2) is 0 Å². The Kier molecular flexibility index (Phi) is 4.74. The molecule has 1 rings (SSSR count). The van der Waals surface area contributed by atoms with Gasteiger partial charge in [-0.3, -0.25) is 0 Å². The van der Waals surface area contributed by atoms with Crippen molar-refractivity contribution in [3.8, 4) is 0 Å². The van der Waals surface area contributed by atoms with Crippen LogP contribution in [0.4, 0.5) is 0 Å². The van der Waals surface area contributed by atoms with Gasteiger partial charge in [0.1, 0.15) is 5.60 Å². The van der Waals surface area contributed by atoms with Gasteiger partial charge in [-0.15, -0.1) is 0 Å². The molecule has 16 heavy (non-hydrogen) atoms. The molecule has 2 unspecified atom stereocenters. The average Bonchev–Trinajstić information content (AvgIpc) is 2.63. The Labute approximate surface area is 97.2 Å². The summed E-state index contributed by atoms with van der Waals surface area (Å²) in [6.07, 6.45) is 0.515. The van der Waals surface area contributed by atoms with Crippen molar-refractivity contribution in [2.75, 3.05) is 19.8 Å². The quantitative estimate of drug-likeness (QED) is 0.690. The van der Waals surface area contributed by atoms with Gasteiger partial charge in [0.15, 0.2) is 6.10 Å². The maximum atomic E-state index is 11.6. The van der Waals surface area contributed by atoms with Gasteiger partial charge in [-0.2, -0.15) is 0 Å². The van der Waals surface area contributed by atoms with E-state index in [-0.39, 0.29) is 5.97 Å². The van der Waals surface area contributed by atoms with Gasteiger partial charge >= 0.3 is 5.97 Å². The molecule has 1 saturated heterocycles. The zero-order chi connectivity index (χ0) is 12.2. The normalized spacial score (nSPS) is 23.1. The van der Waals surface area contributed by atoms with Crippen LogP contribution >= 0.6 is 0 Å². The largest absolute Gasteiger partial charge is 0.458 e. The van der Waals surface area contributed by atoms with E-state index >= 15 is 0 Å². The van der Waals surface area contributed by atoms with Crippen molar-refractivity contribution in [1.29, 1.82) is 0 Å². The molecule has 1 heterocycles. The molecule has 2 atom stereocenters. The number of carbonyl (C=O) groups is 1. The number of hydrogen-bond donors (Lipinski definition) is 0. The molecule has 0 aromatic carbocycles. The highest BCUT2D eigenvalue weighted by Crippen LogP contribution is 2.14. The summed E-state index contributed by atoms with van der Waals surface area (Å²) in [7, 11) is 0. The van der Waals surface area contributed by atoms with Crippen molar-refractivity contribution in [3.05, 3.63) is 0 Å². The predicted molar refractivity (Wildman–Crippen MR) is 60.2 cm³/mol. The van der Waals surface area contributed by atoms with Crippen LogP contribution < -0.4 is 0 Å². The lowest BCUT2D eigenvalue weighted by atomic mass is 10.1. The summed E-state index contributed by atoms with van der Waals surface area (Å²) in [6, 6.07) is 0. The van der Waals surface area contributed by atoms with Crippen LogP contribution in [0.25, 0.3) is 0 Å². The highest BCUT2D eigenvalue weighted by molar-refractivity contribution is 5.74. The summed E-state index contributed by atoms with van der Waals surface area (Å²) in [4.78, 5) is 11.6. The Morgan fingerprint density at radius 1 is 1.50 bits per heavy atom. The van der Waals surface area contributed by atoms with Gasteiger partial charge in [0.05, 0.1) is 13.2 Å². The third-order valence-electron chi connectivity index (χ3n) is 2.34. The van der Waals surface area contributed by atoms with E-state index in [9.17, 15) is 4.79 Å². The van der Waals surface area contributed by atoms with E-state index in [1.165, 1.54) is 0 Å². The number of carbonyl (C=O) groups excluding carboxylic acids is 1. The minimum atomic E-state index is -0.500. The highest BCUT2D eigenvalue weighted by Gasteiger charge is 2.24. The first-order valence-corrected chi connectivity index (χ1v) is 5.80. The molecule has 1 aliphatic heterocycles. The van der Waals surface area contributed by atoms with Gasteiger partial charge in [-0.05, 0) is 34.1 Å². The number of ether oxygens (including phenoxy) is 3. The van der Waals surface area contributed by atoms with E-state index in [1.54, 1.807) is 6.92 Å². The molecule has 0 aliphatic carbocycles. The van der Waals surface area contributed by atoms with Crippen molar-refractivity contribution in [3.63, 3.8) is 0 Å². The smallest absolute Gasteiger partial charge is 0.335 e. The van der Waals surface area contributed by atoms with Crippen LogP contribution in [0, 0.1) is 5.92 Å². The average molecular weight is 230 g/mol. The molecular formula is C12H22O4. The molecule has 1 fully saturated rings. The van der Waals surface area contributed by atoms with Crippen molar-refractivity contribution < 1.29 is 19.0 Å². The number of hydrogen-bond acceptors (Lipinski definition) is 4. The second-order valence-electron chi connectivity index (χ2n) is 5.24. The molecule has 0 spiro atoms. The second-order valence-corrected chi connectivity index (χ2v) is 5.24. The highest BCUT2D eigenvalue weighted by atomic mass is 16.6. The van der Waals surface area contributed by atoms with E-state index in [2.05, 4.69) is 0 Å². The summed E-state index contributed by atoms with van der Waals surface area (Å²) >= 11 is 0. The molecule has 94 valence electrons. The van der Waals surface area contributed by atoms with Crippen LogP contribution in [-0.2, 0) is 19.0 Å². The third kappa shape index (κ3) is 4.94. The summed E-state index contributed by atoms with van der Waals surface area (Å²) < 4.78 is 15.9. The molecule has 4 heteroatoms. The van der Waals surface area contributed by atoms with E-state index in [1.807, 2.05) is 20.8 Å². The van der Waals surface area contributed by atoms with E-state index in [4.69, 9.17) is 14.2 Å². The first-order chi connectivity index (χ1) is 7.38. The van der Waals surface area contributed by atoms with Gasteiger partial charge in [0.25, 0.3) is 0 Å². The summed E-state index contributed by atoms with van der Waals surface area (Å²) in [5.41, 5.74) is -0.453. The molecule has 0 radical (unpaired) electrons. The lowest BCUT2D eigenvalue weighted by molar-refractivity contribution is -0.168. The number of esters is 1. The van der Waals surface area contributed by atoms with Crippen LogP contribution in [0.3, 0.4) is 0 Å². The fourth-order valence-corrected chi connectivity index (χ4v) is 1.45. The van der Waals surface area contributed by atoms with Crippen molar-refractivity contribution >= 4 is 5.97 Å². The fourth-order valence-electron chi connectivity index (χ4n) is 1.45. The van der Waals surface area contributed by atoms with E-state index in [0.29, 0.717) is 12.5 Å². The van der Waals surface area contributed by atoms with Gasteiger partial charge in [-0.1, -0.05) is 0 Å². The molecule has 0 bridgehead atoms. The molecular weight excluding hydrogens is 208 g/mol. The van der Waals surface area contributed by atoms with Crippen molar-refractivity contribution in [1.82, 2.24) is 0 Å². The first kappa shape index (κ1) is 13.5. The Morgan fingerprint density at radius 3 is 2.69 bits per heavy atom. The fraction of sp³-hybridized carbons (Fsp3) is 0.917. The lowest BCUT2D eigenvalue weighted by Crippen LogP contribution is -2.32. The summed E-state index contributed by atoms with van der Waals surface area (Å²) in [6.45, 7) is 9.38. The van der Waals surface area contributed by atoms with E-state index in [0.717, 1.165) is 19.6 Å². The van der Waals surface area contributed by atoms with Crippen LogP contribution in [-0.4, -0.2) is 37.5 Å². The second kappa shape index (κ2) is 5.64. The van der Waals surface area contributed by atoms with Crippen molar-refractivity contribution in [2.45, 2.75) is 45.8 Å². The zero-order valence-corrected chi connectivity index (χ0v) is 10.6.